The van der Waals surface area contributed by atoms with Crippen molar-refractivity contribution in [2.75, 3.05) is 0 Å². The average molecular weight is 243 g/mol. The Morgan fingerprint density at radius 1 is 1.31 bits per heavy atom. The van der Waals surface area contributed by atoms with Crippen molar-refractivity contribution in [2.45, 2.75) is 44.1 Å². The zero-order valence-corrected chi connectivity index (χ0v) is 10.2. The third-order valence-corrected chi connectivity index (χ3v) is 3.25. The Bertz CT molecular complexity index is 429. The summed E-state index contributed by atoms with van der Waals surface area (Å²) in [5, 5.41) is -0.202. The predicted octanol–water partition coefficient (Wildman–Crippen LogP) is 2.45. The summed E-state index contributed by atoms with van der Waals surface area (Å²) in [7, 11) is -4.19. The molecule has 5 heteroatoms. The van der Waals surface area contributed by atoms with Gasteiger partial charge in [-0.25, -0.2) is 4.98 Å². The molecule has 0 aliphatic heterocycles. The van der Waals surface area contributed by atoms with Gasteiger partial charge >= 0.3 is 10.1 Å². The Morgan fingerprint density at radius 2 is 2.06 bits per heavy atom. The van der Waals surface area contributed by atoms with Gasteiger partial charge in [-0.3, -0.25) is 4.55 Å². The second kappa shape index (κ2) is 5.96. The van der Waals surface area contributed by atoms with Crippen LogP contribution >= 0.6 is 0 Å². The first-order chi connectivity index (χ1) is 7.55. The average Bonchev–Trinajstić information content (AvgIpc) is 2.24. The summed E-state index contributed by atoms with van der Waals surface area (Å²) in [4.78, 5) is 3.71. The molecule has 0 saturated carbocycles. The van der Waals surface area contributed by atoms with Crippen LogP contribution in [0.2, 0.25) is 0 Å². The maximum absolute atomic E-state index is 11.0. The second-order valence-electron chi connectivity index (χ2n) is 3.75. The van der Waals surface area contributed by atoms with Gasteiger partial charge in [0.1, 0.15) is 0 Å². The minimum Gasteiger partial charge on any atom is -0.281 e. The molecule has 0 unspecified atom stereocenters. The van der Waals surface area contributed by atoms with Crippen molar-refractivity contribution in [3.63, 3.8) is 0 Å². The van der Waals surface area contributed by atoms with Crippen molar-refractivity contribution in [1.82, 2.24) is 4.98 Å². The molecule has 0 bridgehead atoms. The largest absolute Gasteiger partial charge is 0.312 e. The van der Waals surface area contributed by atoms with E-state index in [9.17, 15) is 8.42 Å². The van der Waals surface area contributed by atoms with Gasteiger partial charge in [0, 0.05) is 6.20 Å². The molecule has 1 aromatic rings. The van der Waals surface area contributed by atoms with E-state index in [1.54, 1.807) is 12.1 Å². The highest BCUT2D eigenvalue weighted by molar-refractivity contribution is 7.85. The van der Waals surface area contributed by atoms with E-state index in [-0.39, 0.29) is 5.03 Å². The third kappa shape index (κ3) is 3.90. The van der Waals surface area contributed by atoms with Crippen LogP contribution in [-0.4, -0.2) is 18.0 Å². The van der Waals surface area contributed by atoms with Crippen LogP contribution in [0, 0.1) is 0 Å². The van der Waals surface area contributed by atoms with E-state index >= 15 is 0 Å². The lowest BCUT2D eigenvalue weighted by Crippen LogP contribution is -2.05. The molecular formula is C11H17NO3S. The fourth-order valence-electron chi connectivity index (χ4n) is 1.59. The summed E-state index contributed by atoms with van der Waals surface area (Å²) >= 11 is 0. The van der Waals surface area contributed by atoms with Gasteiger partial charge in [0.15, 0.2) is 5.03 Å². The summed E-state index contributed by atoms with van der Waals surface area (Å²) in [5.74, 6) is 0. The molecule has 0 aliphatic rings. The van der Waals surface area contributed by atoms with Gasteiger partial charge in [0.05, 0.1) is 0 Å². The quantitative estimate of drug-likeness (QED) is 0.615. The Kier molecular flexibility index (Phi) is 4.89. The van der Waals surface area contributed by atoms with Gasteiger partial charge in [0.25, 0.3) is 0 Å². The molecule has 4 nitrogen and oxygen atoms in total. The van der Waals surface area contributed by atoms with Crippen molar-refractivity contribution in [3.8, 4) is 0 Å². The van der Waals surface area contributed by atoms with E-state index in [4.69, 9.17) is 4.55 Å². The molecule has 0 fully saturated rings. The maximum atomic E-state index is 11.0. The molecule has 0 atom stereocenters. The van der Waals surface area contributed by atoms with Crippen LogP contribution in [0.15, 0.2) is 23.4 Å². The molecule has 16 heavy (non-hydrogen) atoms. The second-order valence-corrected chi connectivity index (χ2v) is 5.09. The zero-order valence-electron chi connectivity index (χ0n) is 9.39. The van der Waals surface area contributed by atoms with Crippen molar-refractivity contribution >= 4 is 10.1 Å². The Morgan fingerprint density at radius 3 is 2.69 bits per heavy atom. The fourth-order valence-corrected chi connectivity index (χ4v) is 2.28. The Hall–Kier alpha value is -0.940. The number of rotatable bonds is 6. The lowest BCUT2D eigenvalue weighted by Gasteiger charge is -2.05. The summed E-state index contributed by atoms with van der Waals surface area (Å²) in [6.07, 6.45) is 6.28. The van der Waals surface area contributed by atoms with Crippen molar-refractivity contribution in [2.24, 2.45) is 0 Å². The summed E-state index contributed by atoms with van der Waals surface area (Å²) in [6, 6.07) is 3.38. The van der Waals surface area contributed by atoms with Crippen LogP contribution in [0.3, 0.4) is 0 Å². The summed E-state index contributed by atoms with van der Waals surface area (Å²) < 4.78 is 31.1. The van der Waals surface area contributed by atoms with E-state index in [2.05, 4.69) is 11.9 Å². The van der Waals surface area contributed by atoms with Crippen molar-refractivity contribution in [3.05, 3.63) is 23.9 Å². The van der Waals surface area contributed by atoms with Gasteiger partial charge < -0.3 is 0 Å². The van der Waals surface area contributed by atoms with Crippen molar-refractivity contribution < 1.29 is 13.0 Å². The number of hydrogen-bond acceptors (Lipinski definition) is 3. The molecule has 0 aliphatic carbocycles. The summed E-state index contributed by atoms with van der Waals surface area (Å²) in [6.45, 7) is 2.12. The van der Waals surface area contributed by atoms with Gasteiger partial charge in [-0.15, -0.1) is 0 Å². The number of pyridine rings is 1. The first-order valence-corrected chi connectivity index (χ1v) is 6.91. The highest BCUT2D eigenvalue weighted by Crippen LogP contribution is 2.15. The van der Waals surface area contributed by atoms with Gasteiger partial charge in [0.2, 0.25) is 0 Å². The summed E-state index contributed by atoms with van der Waals surface area (Å²) in [5.41, 5.74) is 0.598. The standard InChI is InChI=1S/C11H17NO3S/c1-2-3-4-5-7-10-8-6-9-12-11(10)16(13,14)15/h6,8-9H,2-5,7H2,1H3,(H,13,14,15). The van der Waals surface area contributed by atoms with Crippen molar-refractivity contribution in [1.29, 1.82) is 0 Å². The van der Waals surface area contributed by atoms with Gasteiger partial charge in [-0.2, -0.15) is 8.42 Å². The smallest absolute Gasteiger partial charge is 0.281 e. The van der Waals surface area contributed by atoms with Gasteiger partial charge in [-0.05, 0) is 24.5 Å². The van der Waals surface area contributed by atoms with Crippen LogP contribution in [0.5, 0.6) is 0 Å². The molecule has 0 radical (unpaired) electrons. The molecule has 90 valence electrons. The van der Waals surface area contributed by atoms with Crippen LogP contribution < -0.4 is 0 Å². The molecule has 0 aromatic carbocycles. The fraction of sp³-hybridized carbons (Fsp3) is 0.545. The topological polar surface area (TPSA) is 67.3 Å². The van der Waals surface area contributed by atoms with E-state index in [1.165, 1.54) is 6.20 Å². The van der Waals surface area contributed by atoms with Gasteiger partial charge in [-0.1, -0.05) is 32.3 Å². The number of aryl methyl sites for hydroxylation is 1. The number of aromatic nitrogens is 1. The Balaban J connectivity index is 2.73. The number of nitrogens with zero attached hydrogens (tertiary/aromatic N) is 1. The predicted molar refractivity (Wildman–Crippen MR) is 61.9 cm³/mol. The molecule has 1 aromatic heterocycles. The molecule has 1 rings (SSSR count). The minimum atomic E-state index is -4.19. The third-order valence-electron chi connectivity index (χ3n) is 2.39. The van der Waals surface area contributed by atoms with E-state index in [0.717, 1.165) is 25.7 Å². The highest BCUT2D eigenvalue weighted by Gasteiger charge is 2.15. The maximum Gasteiger partial charge on any atom is 0.312 e. The monoisotopic (exact) mass is 243 g/mol. The molecule has 0 saturated heterocycles. The molecule has 0 spiro atoms. The molecular weight excluding hydrogens is 226 g/mol. The van der Waals surface area contributed by atoms with Crippen LogP contribution in [-0.2, 0) is 16.5 Å². The van der Waals surface area contributed by atoms with Crippen LogP contribution in [0.25, 0.3) is 0 Å². The number of unbranched alkanes of at least 4 members (excludes halogenated alkanes) is 3. The Labute approximate surface area is 96.5 Å². The highest BCUT2D eigenvalue weighted by atomic mass is 32.2. The lowest BCUT2D eigenvalue weighted by molar-refractivity contribution is 0.477. The van der Waals surface area contributed by atoms with E-state index in [0.29, 0.717) is 12.0 Å². The molecule has 1 heterocycles. The van der Waals surface area contributed by atoms with E-state index < -0.39 is 10.1 Å². The molecule has 1 N–H and O–H groups in total. The minimum absolute atomic E-state index is 0.202. The molecule has 0 amide bonds. The van der Waals surface area contributed by atoms with Crippen LogP contribution in [0.1, 0.15) is 38.2 Å². The first-order valence-electron chi connectivity index (χ1n) is 5.47. The lowest BCUT2D eigenvalue weighted by atomic mass is 10.1. The SMILES string of the molecule is CCCCCCc1cccnc1S(=O)(=O)O. The number of hydrogen-bond donors (Lipinski definition) is 1. The van der Waals surface area contributed by atoms with Crippen LogP contribution in [0.4, 0.5) is 0 Å². The zero-order chi connectivity index (χ0) is 12.0. The normalized spacial score (nSPS) is 11.6. The van der Waals surface area contributed by atoms with E-state index in [1.807, 2.05) is 0 Å². The first kappa shape index (κ1) is 13.1.